The fraction of sp³-hybridized carbons (Fsp3) is 0.767. The maximum absolute atomic E-state index is 13.6. The number of fused-ring (bicyclic) bond motifs is 10. The van der Waals surface area contributed by atoms with E-state index in [0.29, 0.717) is 17.7 Å². The van der Waals surface area contributed by atoms with Gasteiger partial charge in [0.1, 0.15) is 0 Å². The van der Waals surface area contributed by atoms with Gasteiger partial charge in [0.15, 0.2) is 0 Å². The number of carbonyl (C=O) groups excluding carboxylic acids is 1. The third kappa shape index (κ3) is 11.4. The maximum Gasteiger partial charge on any atom is 0.307 e. The fourth-order valence-electron chi connectivity index (χ4n) is 17.2. The number of carbonyl (C=O) groups is 2. The lowest BCUT2D eigenvalue weighted by Crippen LogP contribution is -2.52. The summed E-state index contributed by atoms with van der Waals surface area (Å²) in [4.78, 5) is 27.3. The Kier molecular flexibility index (Phi) is 17.7. The lowest BCUT2D eigenvalue weighted by Gasteiger charge is -2.57. The van der Waals surface area contributed by atoms with Crippen LogP contribution in [-0.2, 0) is 22.4 Å². The maximum atomic E-state index is 13.6. The molecular weight excluding hydrogens is 829 g/mol. The van der Waals surface area contributed by atoms with Gasteiger partial charge in [-0.25, -0.2) is 0 Å². The molecule has 16 atom stereocenters. The van der Waals surface area contributed by atoms with E-state index in [0.717, 1.165) is 125 Å². The molecule has 8 fully saturated rings. The number of likely N-dealkylation sites (N-methyl/N-ethyl adjacent to an activating group) is 2. The number of nitrogens with zero attached hydrogens (tertiary/aromatic N) is 1. The predicted molar refractivity (Wildman–Crippen MR) is 275 cm³/mol. The molecule has 7 nitrogen and oxygen atoms in total. The summed E-state index contributed by atoms with van der Waals surface area (Å²) in [6.07, 6.45) is 22.8. The molecular formula is C60H96N2O5. The largest absolute Gasteiger partial charge is 0.481 e. The van der Waals surface area contributed by atoms with E-state index in [4.69, 9.17) is 0 Å². The van der Waals surface area contributed by atoms with Crippen LogP contribution in [0.25, 0.3) is 0 Å². The smallest absolute Gasteiger partial charge is 0.307 e. The summed E-state index contributed by atoms with van der Waals surface area (Å²) in [7, 11) is 4.00. The molecule has 8 aliphatic rings. The summed E-state index contributed by atoms with van der Waals surface area (Å²) in [5.41, 5.74) is 2.06. The molecule has 8 saturated carbocycles. The first-order valence-electron chi connectivity index (χ1n) is 26.7. The molecule has 376 valence electrons. The molecule has 0 saturated heterocycles. The molecule has 4 N–H and O–H groups in total. The lowest BCUT2D eigenvalue weighted by atomic mass is 9.49. The van der Waals surface area contributed by atoms with E-state index in [1.54, 1.807) is 0 Å². The van der Waals surface area contributed by atoms with Crippen molar-refractivity contribution in [2.24, 2.45) is 81.8 Å². The molecule has 10 rings (SSSR count). The molecule has 7 heteroatoms. The van der Waals surface area contributed by atoms with Crippen molar-refractivity contribution in [1.29, 1.82) is 0 Å². The zero-order valence-electron chi connectivity index (χ0n) is 41.4. The quantitative estimate of drug-likeness (QED) is 0.210. The van der Waals surface area contributed by atoms with Crippen LogP contribution in [0.5, 0.6) is 0 Å². The van der Waals surface area contributed by atoms with Gasteiger partial charge in [0.2, 0.25) is 5.91 Å². The minimum atomic E-state index is -0.559. The van der Waals surface area contributed by atoms with Crippen molar-refractivity contribution in [3.8, 4) is 0 Å². The first-order valence-corrected chi connectivity index (χ1v) is 26.7. The Labute approximate surface area is 408 Å². The highest BCUT2D eigenvalue weighted by Crippen LogP contribution is 2.66. The van der Waals surface area contributed by atoms with E-state index in [9.17, 15) is 24.9 Å². The molecule has 67 heavy (non-hydrogen) atoms. The van der Waals surface area contributed by atoms with E-state index >= 15 is 0 Å². The van der Waals surface area contributed by atoms with E-state index < -0.39 is 17.2 Å². The average molecular weight is 925 g/mol. The summed E-state index contributed by atoms with van der Waals surface area (Å²) in [6, 6.07) is 21.0. The van der Waals surface area contributed by atoms with Gasteiger partial charge >= 0.3 is 5.97 Å². The summed E-state index contributed by atoms with van der Waals surface area (Å²) in [6.45, 7) is 10.7. The molecule has 0 spiro atoms. The number of aliphatic carboxylic acids is 1. The highest BCUT2D eigenvalue weighted by molar-refractivity contribution is 5.80. The number of nitrogens with one attached hydrogen (secondary N) is 1. The van der Waals surface area contributed by atoms with Gasteiger partial charge in [-0.2, -0.15) is 0 Å². The van der Waals surface area contributed by atoms with Crippen LogP contribution in [0.1, 0.15) is 169 Å². The molecule has 8 aliphatic carbocycles. The molecule has 2 aromatic carbocycles. The Morgan fingerprint density at radius 3 is 1.46 bits per heavy atom. The van der Waals surface area contributed by atoms with Crippen molar-refractivity contribution in [3.63, 3.8) is 0 Å². The zero-order valence-corrected chi connectivity index (χ0v) is 41.4. The van der Waals surface area contributed by atoms with E-state index in [2.05, 4.69) is 80.7 Å². The van der Waals surface area contributed by atoms with Crippen molar-refractivity contribution in [2.75, 3.05) is 27.2 Å². The van der Waals surface area contributed by atoms with Gasteiger partial charge in [0.05, 0.1) is 17.1 Å². The Bertz CT molecular complexity index is 1880. The van der Waals surface area contributed by atoms with Crippen molar-refractivity contribution in [3.05, 3.63) is 71.8 Å². The number of hydrogen-bond acceptors (Lipinski definition) is 5. The number of carboxylic acid groups (broad SMARTS) is 1. The molecule has 0 aromatic heterocycles. The minimum absolute atomic E-state index is 0. The molecule has 2 aromatic rings. The normalized spacial score (nSPS) is 41.1. The Morgan fingerprint density at radius 2 is 1.00 bits per heavy atom. The first kappa shape index (κ1) is 53.6. The number of rotatable bonds is 8. The van der Waals surface area contributed by atoms with Crippen molar-refractivity contribution in [2.45, 2.75) is 182 Å². The van der Waals surface area contributed by atoms with Crippen molar-refractivity contribution < 1.29 is 24.9 Å². The second-order valence-electron chi connectivity index (χ2n) is 24.4. The molecule has 0 radical (unpaired) electrons. The highest BCUT2D eigenvalue weighted by Gasteiger charge is 2.61. The van der Waals surface area contributed by atoms with Gasteiger partial charge in [0.25, 0.3) is 0 Å². The van der Waals surface area contributed by atoms with E-state index in [1.165, 1.54) is 75.3 Å². The predicted octanol–water partition coefficient (Wildman–Crippen LogP) is 12.5. The van der Waals surface area contributed by atoms with Gasteiger partial charge in [-0.3, -0.25) is 9.59 Å². The topological polar surface area (TPSA) is 110 Å². The van der Waals surface area contributed by atoms with Crippen molar-refractivity contribution in [1.82, 2.24) is 10.2 Å². The van der Waals surface area contributed by atoms with Crippen LogP contribution in [0.3, 0.4) is 0 Å². The Morgan fingerprint density at radius 1 is 0.567 bits per heavy atom. The zero-order chi connectivity index (χ0) is 46.1. The van der Waals surface area contributed by atoms with Crippen LogP contribution in [0.4, 0.5) is 0 Å². The first-order chi connectivity index (χ1) is 31.0. The van der Waals surface area contributed by atoms with Crippen LogP contribution >= 0.6 is 0 Å². The molecule has 0 bridgehead atoms. The fourth-order valence-corrected chi connectivity index (χ4v) is 17.2. The minimum Gasteiger partial charge on any atom is -0.481 e. The average Bonchev–Trinajstić information content (AvgIpc) is 3.84. The Balaban J connectivity index is 0.000000185. The molecule has 0 heterocycles. The molecule has 0 aliphatic heterocycles. The molecule has 1 amide bonds. The number of aliphatic hydroxyl groups is 2. The monoisotopic (exact) mass is 925 g/mol. The summed E-state index contributed by atoms with van der Waals surface area (Å²) in [5, 5.41) is 33.8. The van der Waals surface area contributed by atoms with Crippen LogP contribution in [-0.4, -0.2) is 70.5 Å². The Hall–Kier alpha value is -2.74. The SMILES string of the molecule is C.C.CN(CCc1ccccc1)C(=O)[C@H]1CC[C@H]2[C@@H]3CC[C@@H]4C[C@](C)(O)CC[C@@H]4[C@H]3CC[C@]12C.CNCCc1ccccc1.C[C@@]1(O)CC[C@H]2[C@H](CC[C@@H]3[C@@H]2CC[C@]2(C)[C@@H](C(=O)O)CC[C@@H]32)C1. The number of benzene rings is 2. The van der Waals surface area contributed by atoms with Gasteiger partial charge in [-0.15, -0.1) is 0 Å². The van der Waals surface area contributed by atoms with Gasteiger partial charge in [-0.05, 0) is 237 Å². The van der Waals surface area contributed by atoms with Crippen LogP contribution < -0.4 is 5.32 Å². The second kappa shape index (κ2) is 22.1. The summed E-state index contributed by atoms with van der Waals surface area (Å²) >= 11 is 0. The van der Waals surface area contributed by atoms with Gasteiger partial charge in [-0.1, -0.05) is 89.4 Å². The van der Waals surface area contributed by atoms with E-state index in [1.807, 2.05) is 32.0 Å². The number of amides is 1. The lowest BCUT2D eigenvalue weighted by molar-refractivity contribution is -0.150. The third-order valence-electron chi connectivity index (χ3n) is 20.5. The standard InChI is InChI=1S/C29H43NO2.C20H32O3.C9H13N.2CH4/c1-28(32)16-13-22-21(19-28)9-10-24-23(22)14-17-29(2)25(24)11-12-26(29)27(31)30(3)18-15-20-7-5-4-6-8-20;1-19(23)9-7-13-12(11-19)3-4-15-14(13)8-10-20(2)16(15)5-6-17(20)18(21)22;1-10-8-7-9-5-3-2-4-6-9;;/h4-8,21-26,32H,9-19H2,1-3H3;12-17,23H,3-11H2,1-2H3,(H,21,22);2-6,10H,7-8H2,1H3;2*1H4/t21-,22+,23-,24-,25+,26-,28-,29+;12-,13+,14-,15-,16+,17-,19-,20+;;;/m11.../s1. The van der Waals surface area contributed by atoms with Crippen molar-refractivity contribution >= 4 is 11.9 Å². The van der Waals surface area contributed by atoms with Gasteiger partial charge in [0, 0.05) is 19.5 Å². The third-order valence-corrected chi connectivity index (χ3v) is 20.5. The van der Waals surface area contributed by atoms with Crippen LogP contribution in [0.2, 0.25) is 0 Å². The molecule has 0 unspecified atom stereocenters. The summed E-state index contributed by atoms with van der Waals surface area (Å²) < 4.78 is 0. The second-order valence-corrected chi connectivity index (χ2v) is 24.4. The van der Waals surface area contributed by atoms with Crippen LogP contribution in [0, 0.1) is 81.8 Å². The summed E-state index contributed by atoms with van der Waals surface area (Å²) in [5.74, 6) is 7.54. The highest BCUT2D eigenvalue weighted by atomic mass is 16.4. The van der Waals surface area contributed by atoms with E-state index in [-0.39, 0.29) is 37.5 Å². The van der Waals surface area contributed by atoms with Crippen LogP contribution in [0.15, 0.2) is 60.7 Å². The van der Waals surface area contributed by atoms with Gasteiger partial charge < -0.3 is 25.5 Å². The number of hydrogen-bond donors (Lipinski definition) is 4. The number of carboxylic acids is 1.